The SMILES string of the molecule is NCC#Cc1cccnc1C(=O)Nc1ncccn1. The third-order valence-corrected chi connectivity index (χ3v) is 2.14. The van der Waals surface area contributed by atoms with E-state index in [2.05, 4.69) is 32.1 Å². The number of amides is 1. The molecule has 0 aliphatic carbocycles. The van der Waals surface area contributed by atoms with E-state index in [1.807, 2.05) is 0 Å². The Hall–Kier alpha value is -2.78. The van der Waals surface area contributed by atoms with Crippen molar-refractivity contribution in [3.8, 4) is 11.8 Å². The summed E-state index contributed by atoms with van der Waals surface area (Å²) in [5.41, 5.74) is 6.05. The van der Waals surface area contributed by atoms with E-state index >= 15 is 0 Å². The minimum Gasteiger partial charge on any atom is -0.320 e. The minimum atomic E-state index is -0.409. The minimum absolute atomic E-state index is 0.218. The normalized spacial score (nSPS) is 9.32. The van der Waals surface area contributed by atoms with Crippen LogP contribution in [0.3, 0.4) is 0 Å². The maximum atomic E-state index is 12.0. The smallest absolute Gasteiger partial charge is 0.277 e. The third kappa shape index (κ3) is 3.34. The molecule has 2 rings (SSSR count). The average molecular weight is 253 g/mol. The number of aromatic nitrogens is 3. The summed E-state index contributed by atoms with van der Waals surface area (Å²) in [6.45, 7) is 0.220. The van der Waals surface area contributed by atoms with Gasteiger partial charge in [0.25, 0.3) is 5.91 Å². The molecule has 19 heavy (non-hydrogen) atoms. The first-order chi connectivity index (χ1) is 9.31. The number of pyridine rings is 1. The van der Waals surface area contributed by atoms with Crippen molar-refractivity contribution in [1.29, 1.82) is 0 Å². The predicted octanol–water partition coefficient (Wildman–Crippen LogP) is 0.434. The molecule has 3 N–H and O–H groups in total. The number of nitrogens with one attached hydrogen (secondary N) is 1. The van der Waals surface area contributed by atoms with E-state index in [0.29, 0.717) is 5.56 Å². The zero-order valence-electron chi connectivity index (χ0n) is 10.00. The van der Waals surface area contributed by atoms with Crippen molar-refractivity contribution in [2.45, 2.75) is 0 Å². The molecule has 0 aliphatic heterocycles. The van der Waals surface area contributed by atoms with Crippen molar-refractivity contribution in [3.05, 3.63) is 48.0 Å². The van der Waals surface area contributed by atoms with Gasteiger partial charge in [-0.1, -0.05) is 11.8 Å². The van der Waals surface area contributed by atoms with E-state index in [1.165, 1.54) is 18.6 Å². The van der Waals surface area contributed by atoms with Crippen LogP contribution in [0.2, 0.25) is 0 Å². The van der Waals surface area contributed by atoms with Gasteiger partial charge in [-0.25, -0.2) is 15.0 Å². The molecule has 0 saturated carbocycles. The first-order valence-corrected chi connectivity index (χ1v) is 5.53. The number of nitrogens with two attached hydrogens (primary N) is 1. The van der Waals surface area contributed by atoms with Gasteiger partial charge in [-0.3, -0.25) is 10.1 Å². The van der Waals surface area contributed by atoms with Gasteiger partial charge in [0.2, 0.25) is 5.95 Å². The molecule has 0 aromatic carbocycles. The van der Waals surface area contributed by atoms with Crippen molar-refractivity contribution in [3.63, 3.8) is 0 Å². The molecule has 0 saturated heterocycles. The lowest BCUT2D eigenvalue weighted by Gasteiger charge is -2.03. The van der Waals surface area contributed by atoms with Gasteiger partial charge in [0.1, 0.15) is 5.69 Å². The molecule has 0 unspecified atom stereocenters. The topological polar surface area (TPSA) is 93.8 Å². The molecule has 0 aliphatic rings. The number of carbonyl (C=O) groups excluding carboxylic acids is 1. The van der Waals surface area contributed by atoms with Crippen LogP contribution in [0.1, 0.15) is 16.1 Å². The van der Waals surface area contributed by atoms with E-state index in [9.17, 15) is 4.79 Å². The quantitative estimate of drug-likeness (QED) is 0.757. The van der Waals surface area contributed by atoms with E-state index < -0.39 is 5.91 Å². The van der Waals surface area contributed by atoms with Gasteiger partial charge in [-0.05, 0) is 18.2 Å². The molecule has 0 fully saturated rings. The predicted molar refractivity (Wildman–Crippen MR) is 70.2 cm³/mol. The summed E-state index contributed by atoms with van der Waals surface area (Å²) in [5.74, 6) is 5.30. The van der Waals surface area contributed by atoms with Crippen LogP contribution in [0.15, 0.2) is 36.8 Å². The molecule has 2 aromatic heterocycles. The van der Waals surface area contributed by atoms with E-state index in [0.717, 1.165) is 0 Å². The van der Waals surface area contributed by atoms with Gasteiger partial charge in [0.05, 0.1) is 12.1 Å². The van der Waals surface area contributed by atoms with Crippen molar-refractivity contribution >= 4 is 11.9 Å². The first kappa shape index (κ1) is 12.7. The van der Waals surface area contributed by atoms with Crippen molar-refractivity contribution in [2.75, 3.05) is 11.9 Å². The highest BCUT2D eigenvalue weighted by molar-refractivity contribution is 6.03. The lowest BCUT2D eigenvalue weighted by molar-refractivity contribution is 0.102. The fraction of sp³-hybridized carbons (Fsp3) is 0.0769. The monoisotopic (exact) mass is 253 g/mol. The highest BCUT2D eigenvalue weighted by Gasteiger charge is 2.12. The van der Waals surface area contributed by atoms with Gasteiger partial charge >= 0.3 is 0 Å². The molecule has 0 atom stereocenters. The highest BCUT2D eigenvalue weighted by Crippen LogP contribution is 2.06. The second-order valence-electron chi connectivity index (χ2n) is 3.43. The number of nitrogens with zero attached hydrogens (tertiary/aromatic N) is 3. The van der Waals surface area contributed by atoms with Crippen LogP contribution in [-0.2, 0) is 0 Å². The highest BCUT2D eigenvalue weighted by atomic mass is 16.2. The molecule has 2 heterocycles. The number of carbonyl (C=O) groups is 1. The summed E-state index contributed by atoms with van der Waals surface area (Å²) >= 11 is 0. The van der Waals surface area contributed by atoms with Crippen LogP contribution < -0.4 is 11.1 Å². The molecular formula is C13H11N5O. The first-order valence-electron chi connectivity index (χ1n) is 5.53. The standard InChI is InChI=1S/C13H11N5O/c14-6-1-4-10-5-2-7-15-11(10)12(19)18-13-16-8-3-9-17-13/h2-3,5,7-9H,6,14H2,(H,16,17,18,19). The van der Waals surface area contributed by atoms with Crippen LogP contribution in [0.5, 0.6) is 0 Å². The summed E-state index contributed by atoms with van der Waals surface area (Å²) in [4.78, 5) is 23.9. The third-order valence-electron chi connectivity index (χ3n) is 2.14. The van der Waals surface area contributed by atoms with E-state index in [1.54, 1.807) is 18.2 Å². The Bertz CT molecular complexity index is 630. The molecule has 94 valence electrons. The van der Waals surface area contributed by atoms with Gasteiger partial charge in [0.15, 0.2) is 0 Å². The molecular weight excluding hydrogens is 242 g/mol. The average Bonchev–Trinajstić information content (AvgIpc) is 2.46. The molecule has 2 aromatic rings. The number of anilines is 1. The van der Waals surface area contributed by atoms with Crippen molar-refractivity contribution < 1.29 is 4.79 Å². The lowest BCUT2D eigenvalue weighted by atomic mass is 10.2. The zero-order chi connectivity index (χ0) is 13.5. The van der Waals surface area contributed by atoms with Gasteiger partial charge < -0.3 is 5.73 Å². The second kappa shape index (κ2) is 6.23. The Labute approximate surface area is 110 Å². The Balaban J connectivity index is 2.24. The lowest BCUT2D eigenvalue weighted by Crippen LogP contribution is -2.17. The number of hydrogen-bond donors (Lipinski definition) is 2. The molecule has 6 nitrogen and oxygen atoms in total. The maximum Gasteiger partial charge on any atom is 0.277 e. The Morgan fingerprint density at radius 3 is 2.68 bits per heavy atom. The molecule has 6 heteroatoms. The fourth-order valence-electron chi connectivity index (χ4n) is 1.36. The van der Waals surface area contributed by atoms with E-state index in [-0.39, 0.29) is 18.2 Å². The number of hydrogen-bond acceptors (Lipinski definition) is 5. The van der Waals surface area contributed by atoms with E-state index in [4.69, 9.17) is 5.73 Å². The molecule has 0 radical (unpaired) electrons. The summed E-state index contributed by atoms with van der Waals surface area (Å²) < 4.78 is 0. The zero-order valence-corrected chi connectivity index (χ0v) is 10.00. The van der Waals surface area contributed by atoms with Crippen LogP contribution >= 0.6 is 0 Å². The second-order valence-corrected chi connectivity index (χ2v) is 3.43. The Kier molecular flexibility index (Phi) is 4.16. The van der Waals surface area contributed by atoms with Crippen LogP contribution in [-0.4, -0.2) is 27.4 Å². The van der Waals surface area contributed by atoms with Crippen molar-refractivity contribution in [2.24, 2.45) is 5.73 Å². The van der Waals surface area contributed by atoms with Crippen LogP contribution in [0.25, 0.3) is 0 Å². The van der Waals surface area contributed by atoms with Crippen molar-refractivity contribution in [1.82, 2.24) is 15.0 Å². The largest absolute Gasteiger partial charge is 0.320 e. The number of rotatable bonds is 2. The summed E-state index contributed by atoms with van der Waals surface area (Å²) in [7, 11) is 0. The Morgan fingerprint density at radius 2 is 1.95 bits per heavy atom. The summed E-state index contributed by atoms with van der Waals surface area (Å²) in [5, 5.41) is 2.55. The molecule has 1 amide bonds. The van der Waals surface area contributed by atoms with Gasteiger partial charge in [-0.15, -0.1) is 0 Å². The van der Waals surface area contributed by atoms with Crippen LogP contribution in [0, 0.1) is 11.8 Å². The summed E-state index contributed by atoms with van der Waals surface area (Å²) in [6.07, 6.45) is 4.60. The van der Waals surface area contributed by atoms with Gasteiger partial charge in [-0.2, -0.15) is 0 Å². The maximum absolute atomic E-state index is 12.0. The van der Waals surface area contributed by atoms with Gasteiger partial charge in [0, 0.05) is 18.6 Å². The fourth-order valence-corrected chi connectivity index (χ4v) is 1.36. The van der Waals surface area contributed by atoms with Crippen LogP contribution in [0.4, 0.5) is 5.95 Å². The molecule has 0 bridgehead atoms. The summed E-state index contributed by atoms with van der Waals surface area (Å²) in [6, 6.07) is 5.07. The Morgan fingerprint density at radius 1 is 1.21 bits per heavy atom. The molecule has 0 spiro atoms.